The summed E-state index contributed by atoms with van der Waals surface area (Å²) in [6, 6.07) is 5.13. The standard InChI is InChI=1S/C12H8BrF2NO2/c13-9-2-1-8(14)5-10(9)18-12-11(15)7(6-17)3-4-16-12/h1-5,17H,6H2. The van der Waals surface area contributed by atoms with Crippen LogP contribution in [0.15, 0.2) is 34.9 Å². The summed E-state index contributed by atoms with van der Waals surface area (Å²) >= 11 is 3.16. The molecule has 0 amide bonds. The molecule has 18 heavy (non-hydrogen) atoms. The van der Waals surface area contributed by atoms with Crippen molar-refractivity contribution in [3.63, 3.8) is 0 Å². The largest absolute Gasteiger partial charge is 0.435 e. The lowest BCUT2D eigenvalue weighted by molar-refractivity contribution is 0.272. The molecule has 94 valence electrons. The Morgan fingerprint density at radius 2 is 2.06 bits per heavy atom. The first kappa shape index (κ1) is 12.9. The Labute approximate surface area is 110 Å². The van der Waals surface area contributed by atoms with Crippen LogP contribution in [0.4, 0.5) is 8.78 Å². The highest BCUT2D eigenvalue weighted by Crippen LogP contribution is 2.31. The molecular weight excluding hydrogens is 308 g/mol. The van der Waals surface area contributed by atoms with Crippen LogP contribution in [0.25, 0.3) is 0 Å². The van der Waals surface area contributed by atoms with E-state index >= 15 is 0 Å². The van der Waals surface area contributed by atoms with Crippen molar-refractivity contribution < 1.29 is 18.6 Å². The number of aliphatic hydroxyl groups is 1. The first-order valence-electron chi connectivity index (χ1n) is 4.99. The van der Waals surface area contributed by atoms with Gasteiger partial charge in [-0.25, -0.2) is 13.8 Å². The molecule has 0 spiro atoms. The molecule has 1 aromatic carbocycles. The van der Waals surface area contributed by atoms with Gasteiger partial charge in [-0.05, 0) is 34.1 Å². The van der Waals surface area contributed by atoms with Gasteiger partial charge < -0.3 is 9.84 Å². The summed E-state index contributed by atoms with van der Waals surface area (Å²) in [4.78, 5) is 3.70. The zero-order valence-corrected chi connectivity index (χ0v) is 10.6. The molecule has 0 fully saturated rings. The molecular formula is C12H8BrF2NO2. The number of hydrogen-bond acceptors (Lipinski definition) is 3. The average molecular weight is 316 g/mol. The summed E-state index contributed by atoms with van der Waals surface area (Å²) < 4.78 is 32.4. The Morgan fingerprint density at radius 1 is 1.28 bits per heavy atom. The summed E-state index contributed by atoms with van der Waals surface area (Å²) in [6.45, 7) is -0.463. The van der Waals surface area contributed by atoms with Gasteiger partial charge in [-0.2, -0.15) is 0 Å². The minimum Gasteiger partial charge on any atom is -0.435 e. The number of halogens is 3. The predicted octanol–water partition coefficient (Wildman–Crippen LogP) is 3.41. The molecule has 0 aliphatic heterocycles. The minimum atomic E-state index is -0.767. The molecule has 0 bridgehead atoms. The summed E-state index contributed by atoms with van der Waals surface area (Å²) in [6.07, 6.45) is 1.30. The lowest BCUT2D eigenvalue weighted by Gasteiger charge is -2.09. The first-order chi connectivity index (χ1) is 8.61. The van der Waals surface area contributed by atoms with E-state index in [1.807, 2.05) is 0 Å². The lowest BCUT2D eigenvalue weighted by atomic mass is 10.2. The van der Waals surface area contributed by atoms with E-state index in [1.54, 1.807) is 0 Å². The molecule has 0 unspecified atom stereocenters. The van der Waals surface area contributed by atoms with Crippen molar-refractivity contribution in [3.05, 3.63) is 52.1 Å². The third kappa shape index (κ3) is 2.65. The molecule has 2 rings (SSSR count). The summed E-state index contributed by atoms with van der Waals surface area (Å²) in [5.41, 5.74) is 0.0625. The van der Waals surface area contributed by atoms with Crippen LogP contribution in [0.5, 0.6) is 11.6 Å². The number of pyridine rings is 1. The maximum Gasteiger partial charge on any atom is 0.256 e. The maximum absolute atomic E-state index is 13.7. The number of rotatable bonds is 3. The highest BCUT2D eigenvalue weighted by Gasteiger charge is 2.13. The van der Waals surface area contributed by atoms with Crippen molar-refractivity contribution >= 4 is 15.9 Å². The first-order valence-corrected chi connectivity index (χ1v) is 5.78. The topological polar surface area (TPSA) is 42.4 Å². The van der Waals surface area contributed by atoms with Gasteiger partial charge in [0, 0.05) is 17.8 Å². The number of benzene rings is 1. The van der Waals surface area contributed by atoms with Crippen LogP contribution < -0.4 is 4.74 Å². The van der Waals surface area contributed by atoms with Gasteiger partial charge in [0.15, 0.2) is 5.82 Å². The molecule has 2 aromatic rings. The summed E-state index contributed by atoms with van der Waals surface area (Å²) in [5, 5.41) is 8.92. The highest BCUT2D eigenvalue weighted by atomic mass is 79.9. The van der Waals surface area contributed by atoms with Crippen LogP contribution in [-0.2, 0) is 6.61 Å². The van der Waals surface area contributed by atoms with Crippen molar-refractivity contribution in [2.45, 2.75) is 6.61 Å². The van der Waals surface area contributed by atoms with Crippen LogP contribution in [0.1, 0.15) is 5.56 Å². The van der Waals surface area contributed by atoms with E-state index < -0.39 is 18.2 Å². The second-order valence-corrected chi connectivity index (χ2v) is 4.28. The molecule has 0 aliphatic rings. The minimum absolute atomic E-state index is 0.0625. The molecule has 6 heteroatoms. The number of nitrogens with zero attached hydrogens (tertiary/aromatic N) is 1. The van der Waals surface area contributed by atoms with Crippen LogP contribution in [-0.4, -0.2) is 10.1 Å². The second-order valence-electron chi connectivity index (χ2n) is 3.42. The summed E-state index contributed by atoms with van der Waals surface area (Å²) in [7, 11) is 0. The Morgan fingerprint density at radius 3 is 2.78 bits per heavy atom. The van der Waals surface area contributed by atoms with Crippen LogP contribution in [0, 0.1) is 11.6 Å². The van der Waals surface area contributed by atoms with E-state index in [2.05, 4.69) is 20.9 Å². The Hall–Kier alpha value is -1.53. The van der Waals surface area contributed by atoms with Crippen molar-refractivity contribution in [3.8, 4) is 11.6 Å². The second kappa shape index (κ2) is 5.41. The van der Waals surface area contributed by atoms with E-state index in [1.165, 1.54) is 24.4 Å². The molecule has 3 nitrogen and oxygen atoms in total. The summed E-state index contributed by atoms with van der Waals surface area (Å²) in [5.74, 6) is -1.48. The van der Waals surface area contributed by atoms with Crippen molar-refractivity contribution in [1.29, 1.82) is 0 Å². The van der Waals surface area contributed by atoms with Gasteiger partial charge in [0.2, 0.25) is 0 Å². The number of ether oxygens (including phenoxy) is 1. The average Bonchev–Trinajstić information content (AvgIpc) is 2.36. The molecule has 1 heterocycles. The number of aliphatic hydroxyl groups excluding tert-OH is 1. The van der Waals surface area contributed by atoms with Crippen LogP contribution >= 0.6 is 15.9 Å². The maximum atomic E-state index is 13.7. The quantitative estimate of drug-likeness (QED) is 0.943. The fraction of sp³-hybridized carbons (Fsp3) is 0.0833. The number of hydrogen-bond donors (Lipinski definition) is 1. The lowest BCUT2D eigenvalue weighted by Crippen LogP contribution is -1.97. The monoisotopic (exact) mass is 315 g/mol. The van der Waals surface area contributed by atoms with Gasteiger partial charge in [0.25, 0.3) is 5.88 Å². The fourth-order valence-electron chi connectivity index (χ4n) is 1.31. The third-order valence-electron chi connectivity index (χ3n) is 2.21. The predicted molar refractivity (Wildman–Crippen MR) is 64.3 cm³/mol. The Kier molecular flexibility index (Phi) is 3.88. The van der Waals surface area contributed by atoms with E-state index in [0.29, 0.717) is 4.47 Å². The molecule has 1 N–H and O–H groups in total. The van der Waals surface area contributed by atoms with Crippen LogP contribution in [0.3, 0.4) is 0 Å². The number of aromatic nitrogens is 1. The fourth-order valence-corrected chi connectivity index (χ4v) is 1.64. The van der Waals surface area contributed by atoms with E-state index in [9.17, 15) is 8.78 Å². The molecule has 0 atom stereocenters. The molecule has 0 saturated carbocycles. The highest BCUT2D eigenvalue weighted by molar-refractivity contribution is 9.10. The molecule has 1 aromatic heterocycles. The molecule has 0 radical (unpaired) electrons. The zero-order valence-electron chi connectivity index (χ0n) is 9.03. The van der Waals surface area contributed by atoms with Gasteiger partial charge in [0.1, 0.15) is 11.6 Å². The molecule has 0 saturated heterocycles. The van der Waals surface area contributed by atoms with Gasteiger partial charge in [0.05, 0.1) is 11.1 Å². The van der Waals surface area contributed by atoms with Crippen molar-refractivity contribution in [2.24, 2.45) is 0 Å². The van der Waals surface area contributed by atoms with Gasteiger partial charge in [-0.1, -0.05) is 0 Å². The van der Waals surface area contributed by atoms with Crippen LogP contribution in [0.2, 0.25) is 0 Å². The normalized spacial score (nSPS) is 10.4. The van der Waals surface area contributed by atoms with E-state index in [4.69, 9.17) is 9.84 Å². The van der Waals surface area contributed by atoms with Gasteiger partial charge in [-0.15, -0.1) is 0 Å². The smallest absolute Gasteiger partial charge is 0.256 e. The third-order valence-corrected chi connectivity index (χ3v) is 2.86. The van der Waals surface area contributed by atoms with E-state index in [-0.39, 0.29) is 17.2 Å². The Balaban J connectivity index is 2.37. The van der Waals surface area contributed by atoms with E-state index in [0.717, 1.165) is 6.07 Å². The SMILES string of the molecule is OCc1ccnc(Oc2cc(F)ccc2Br)c1F. The van der Waals surface area contributed by atoms with Crippen molar-refractivity contribution in [2.75, 3.05) is 0 Å². The Bertz CT molecular complexity index is 578. The molecule has 0 aliphatic carbocycles. The van der Waals surface area contributed by atoms with Gasteiger partial charge in [-0.3, -0.25) is 0 Å². The zero-order chi connectivity index (χ0) is 13.1. The van der Waals surface area contributed by atoms with Gasteiger partial charge >= 0.3 is 0 Å². The van der Waals surface area contributed by atoms with Crippen molar-refractivity contribution in [1.82, 2.24) is 4.98 Å².